The molecule has 1 aliphatic carbocycles. The number of rotatable bonds is 6. The van der Waals surface area contributed by atoms with Crippen molar-refractivity contribution in [2.75, 3.05) is 6.54 Å². The number of nitrogens with one attached hydrogen (secondary N) is 1. The first kappa shape index (κ1) is 10.4. The zero-order chi connectivity index (χ0) is 10.5. The Hall–Kier alpha value is -1.16. The highest BCUT2D eigenvalue weighted by Gasteiger charge is 2.19. The third-order valence-electron chi connectivity index (χ3n) is 2.62. The molecule has 82 valence electrons. The largest absolute Gasteiger partial charge is 0.347 e. The van der Waals surface area contributed by atoms with Crippen molar-refractivity contribution in [1.82, 2.24) is 14.9 Å². The maximum atomic E-state index is 11.2. The Balaban J connectivity index is 1.64. The van der Waals surface area contributed by atoms with Crippen LogP contribution in [0.15, 0.2) is 23.3 Å². The molecule has 15 heavy (non-hydrogen) atoms. The number of nitrogens with zero attached hydrogens (tertiary/aromatic N) is 2. The predicted molar refractivity (Wildman–Crippen MR) is 58.8 cm³/mol. The Bertz CT molecular complexity index is 357. The molecular weight excluding hydrogens is 190 g/mol. The third kappa shape index (κ3) is 3.47. The van der Waals surface area contributed by atoms with Gasteiger partial charge in [-0.05, 0) is 38.3 Å². The number of unbranched alkanes of at least 4 members (excludes halogenated alkanes) is 1. The molecule has 1 N–H and O–H groups in total. The monoisotopic (exact) mass is 207 g/mol. The Morgan fingerprint density at radius 2 is 2.33 bits per heavy atom. The molecular formula is C11H17N3O. The van der Waals surface area contributed by atoms with Crippen LogP contribution in [0.3, 0.4) is 0 Å². The molecule has 1 fully saturated rings. The summed E-state index contributed by atoms with van der Waals surface area (Å²) in [5.41, 5.74) is -0.146. The molecule has 0 radical (unpaired) electrons. The topological polar surface area (TPSA) is 46.9 Å². The van der Waals surface area contributed by atoms with Crippen LogP contribution >= 0.6 is 0 Å². The molecule has 0 spiro atoms. The molecule has 0 atom stereocenters. The van der Waals surface area contributed by atoms with E-state index in [4.69, 9.17) is 0 Å². The van der Waals surface area contributed by atoms with Gasteiger partial charge in [0, 0.05) is 25.0 Å². The van der Waals surface area contributed by atoms with E-state index in [9.17, 15) is 4.79 Å². The van der Waals surface area contributed by atoms with Gasteiger partial charge >= 0.3 is 5.69 Å². The minimum Gasteiger partial charge on any atom is -0.314 e. The molecule has 1 aromatic heterocycles. The van der Waals surface area contributed by atoms with E-state index < -0.39 is 0 Å². The average Bonchev–Trinajstić information content (AvgIpc) is 3.04. The van der Waals surface area contributed by atoms with Crippen LogP contribution in [0.5, 0.6) is 0 Å². The molecule has 4 heteroatoms. The predicted octanol–water partition coefficient (Wildman–Crippen LogP) is 0.776. The summed E-state index contributed by atoms with van der Waals surface area (Å²) in [6.07, 6.45) is 8.16. The summed E-state index contributed by atoms with van der Waals surface area (Å²) < 4.78 is 1.66. The van der Waals surface area contributed by atoms with Crippen molar-refractivity contribution in [3.8, 4) is 0 Å². The summed E-state index contributed by atoms with van der Waals surface area (Å²) in [6.45, 7) is 1.85. The number of hydrogen-bond acceptors (Lipinski definition) is 3. The van der Waals surface area contributed by atoms with Crippen LogP contribution in [0.25, 0.3) is 0 Å². The lowest BCUT2D eigenvalue weighted by Gasteiger charge is -2.04. The molecule has 0 unspecified atom stereocenters. The Morgan fingerprint density at radius 3 is 3.07 bits per heavy atom. The minimum absolute atomic E-state index is 0.146. The van der Waals surface area contributed by atoms with Crippen molar-refractivity contribution >= 4 is 0 Å². The number of hydrogen-bond donors (Lipinski definition) is 1. The summed E-state index contributed by atoms with van der Waals surface area (Å²) in [7, 11) is 0. The van der Waals surface area contributed by atoms with E-state index in [1.807, 2.05) is 0 Å². The molecule has 2 rings (SSSR count). The van der Waals surface area contributed by atoms with E-state index in [-0.39, 0.29) is 5.69 Å². The SMILES string of the molecule is O=c1ncccn1CCCCNC1CC1. The Morgan fingerprint density at radius 1 is 1.47 bits per heavy atom. The summed E-state index contributed by atoms with van der Waals surface area (Å²) in [5.74, 6) is 0. The van der Waals surface area contributed by atoms with Crippen molar-refractivity contribution in [1.29, 1.82) is 0 Å². The highest BCUT2D eigenvalue weighted by atomic mass is 16.1. The molecule has 4 nitrogen and oxygen atoms in total. The first-order chi connectivity index (χ1) is 7.36. The van der Waals surface area contributed by atoms with Crippen LogP contribution in [-0.4, -0.2) is 22.1 Å². The van der Waals surface area contributed by atoms with Gasteiger partial charge in [0.05, 0.1) is 0 Å². The molecule has 0 amide bonds. The Labute approximate surface area is 89.3 Å². The van der Waals surface area contributed by atoms with Gasteiger partial charge in [-0.3, -0.25) is 4.57 Å². The van der Waals surface area contributed by atoms with Crippen LogP contribution in [0, 0.1) is 0 Å². The normalized spacial score (nSPS) is 15.5. The first-order valence-electron chi connectivity index (χ1n) is 5.61. The summed E-state index contributed by atoms with van der Waals surface area (Å²) >= 11 is 0. The van der Waals surface area contributed by atoms with E-state index in [1.54, 1.807) is 16.8 Å². The van der Waals surface area contributed by atoms with Gasteiger partial charge in [-0.2, -0.15) is 0 Å². The Kier molecular flexibility index (Phi) is 3.50. The van der Waals surface area contributed by atoms with Crippen molar-refractivity contribution in [3.63, 3.8) is 0 Å². The zero-order valence-electron chi connectivity index (χ0n) is 8.85. The molecule has 0 bridgehead atoms. The second-order valence-corrected chi connectivity index (χ2v) is 4.03. The lowest BCUT2D eigenvalue weighted by atomic mass is 10.3. The lowest BCUT2D eigenvalue weighted by Crippen LogP contribution is -2.22. The third-order valence-corrected chi connectivity index (χ3v) is 2.62. The van der Waals surface area contributed by atoms with E-state index in [2.05, 4.69) is 10.3 Å². The molecule has 1 heterocycles. The average molecular weight is 207 g/mol. The van der Waals surface area contributed by atoms with Crippen molar-refractivity contribution < 1.29 is 0 Å². The summed E-state index contributed by atoms with van der Waals surface area (Å²) in [5, 5.41) is 3.45. The molecule has 0 aliphatic heterocycles. The quantitative estimate of drug-likeness (QED) is 0.701. The molecule has 1 saturated carbocycles. The van der Waals surface area contributed by atoms with Gasteiger partial charge in [0.1, 0.15) is 0 Å². The second kappa shape index (κ2) is 5.07. The maximum Gasteiger partial charge on any atom is 0.347 e. The fourth-order valence-electron chi connectivity index (χ4n) is 1.56. The van der Waals surface area contributed by atoms with Crippen molar-refractivity contribution in [2.45, 2.75) is 38.3 Å². The summed E-state index contributed by atoms with van der Waals surface area (Å²) in [4.78, 5) is 14.9. The molecule has 0 saturated heterocycles. The van der Waals surface area contributed by atoms with E-state index >= 15 is 0 Å². The van der Waals surface area contributed by atoms with Gasteiger partial charge in [-0.25, -0.2) is 9.78 Å². The van der Waals surface area contributed by atoms with Crippen LogP contribution in [0.1, 0.15) is 25.7 Å². The smallest absolute Gasteiger partial charge is 0.314 e. The highest BCUT2D eigenvalue weighted by molar-refractivity contribution is 4.81. The van der Waals surface area contributed by atoms with Gasteiger partial charge in [0.15, 0.2) is 0 Å². The van der Waals surface area contributed by atoms with Crippen LogP contribution < -0.4 is 11.0 Å². The lowest BCUT2D eigenvalue weighted by molar-refractivity contribution is 0.551. The standard InChI is InChI=1S/C11H17N3O/c15-11-13-7-3-9-14(11)8-2-1-6-12-10-4-5-10/h3,7,9-10,12H,1-2,4-6,8H2. The highest BCUT2D eigenvalue weighted by Crippen LogP contribution is 2.18. The van der Waals surface area contributed by atoms with Crippen LogP contribution in [-0.2, 0) is 6.54 Å². The molecule has 0 aromatic carbocycles. The van der Waals surface area contributed by atoms with Gasteiger partial charge in [-0.1, -0.05) is 0 Å². The van der Waals surface area contributed by atoms with Gasteiger partial charge in [0.2, 0.25) is 0 Å². The van der Waals surface area contributed by atoms with E-state index in [1.165, 1.54) is 19.0 Å². The van der Waals surface area contributed by atoms with Gasteiger partial charge in [-0.15, -0.1) is 0 Å². The first-order valence-corrected chi connectivity index (χ1v) is 5.61. The van der Waals surface area contributed by atoms with Crippen LogP contribution in [0.4, 0.5) is 0 Å². The number of aryl methyl sites for hydroxylation is 1. The van der Waals surface area contributed by atoms with E-state index in [0.29, 0.717) is 0 Å². The zero-order valence-corrected chi connectivity index (χ0v) is 8.85. The molecule has 1 aliphatic rings. The second-order valence-electron chi connectivity index (χ2n) is 4.03. The minimum atomic E-state index is -0.146. The van der Waals surface area contributed by atoms with Gasteiger partial charge in [0.25, 0.3) is 0 Å². The number of aromatic nitrogens is 2. The maximum absolute atomic E-state index is 11.2. The molecule has 1 aromatic rings. The van der Waals surface area contributed by atoms with Crippen molar-refractivity contribution in [2.24, 2.45) is 0 Å². The fraction of sp³-hybridized carbons (Fsp3) is 0.636. The van der Waals surface area contributed by atoms with Gasteiger partial charge < -0.3 is 5.32 Å². The van der Waals surface area contributed by atoms with Crippen LogP contribution in [0.2, 0.25) is 0 Å². The summed E-state index contributed by atoms with van der Waals surface area (Å²) in [6, 6.07) is 2.58. The van der Waals surface area contributed by atoms with E-state index in [0.717, 1.165) is 32.0 Å². The van der Waals surface area contributed by atoms with Crippen molar-refractivity contribution in [3.05, 3.63) is 28.9 Å². The fourth-order valence-corrected chi connectivity index (χ4v) is 1.56.